The van der Waals surface area contributed by atoms with Gasteiger partial charge in [-0.3, -0.25) is 4.79 Å². The summed E-state index contributed by atoms with van der Waals surface area (Å²) in [6, 6.07) is 3.87. The Morgan fingerprint density at radius 1 is 1.35 bits per heavy atom. The van der Waals surface area contributed by atoms with Crippen molar-refractivity contribution in [1.29, 1.82) is 0 Å². The molecule has 0 radical (unpaired) electrons. The highest BCUT2D eigenvalue weighted by atomic mass is 16.3. The lowest BCUT2D eigenvalue weighted by Crippen LogP contribution is -2.36. The minimum atomic E-state index is -0.244. The molecule has 0 fully saturated rings. The van der Waals surface area contributed by atoms with Crippen LogP contribution in [-0.2, 0) is 0 Å². The maximum Gasteiger partial charge on any atom is 0.254 e. The normalized spacial score (nSPS) is 10.3. The summed E-state index contributed by atoms with van der Waals surface area (Å²) in [6.45, 7) is 7.81. The Kier molecular flexibility index (Phi) is 4.15. The average molecular weight is 235 g/mol. The van der Waals surface area contributed by atoms with E-state index in [-0.39, 0.29) is 29.0 Å². The van der Waals surface area contributed by atoms with Gasteiger partial charge in [-0.1, -0.05) is 6.08 Å². The van der Waals surface area contributed by atoms with Crippen LogP contribution in [0.25, 0.3) is 0 Å². The van der Waals surface area contributed by atoms with Crippen molar-refractivity contribution in [3.63, 3.8) is 0 Å². The van der Waals surface area contributed by atoms with Crippen molar-refractivity contribution in [1.82, 2.24) is 4.90 Å². The summed E-state index contributed by atoms with van der Waals surface area (Å²) >= 11 is 0. The minimum absolute atomic E-state index is 0.0185. The summed E-state index contributed by atoms with van der Waals surface area (Å²) in [4.78, 5) is 13.7. The van der Waals surface area contributed by atoms with E-state index in [1.165, 1.54) is 18.2 Å². The SMILES string of the molecule is C=CCN(C(=O)c1cc(O)cc(O)c1)C(C)C. The molecule has 0 aliphatic heterocycles. The van der Waals surface area contributed by atoms with E-state index in [1.807, 2.05) is 13.8 Å². The number of rotatable bonds is 4. The van der Waals surface area contributed by atoms with Crippen LogP contribution in [0.3, 0.4) is 0 Å². The van der Waals surface area contributed by atoms with Crippen molar-refractivity contribution in [2.24, 2.45) is 0 Å². The first-order valence-corrected chi connectivity index (χ1v) is 5.40. The van der Waals surface area contributed by atoms with E-state index in [2.05, 4.69) is 6.58 Å². The highest BCUT2D eigenvalue weighted by Gasteiger charge is 2.18. The second kappa shape index (κ2) is 5.39. The van der Waals surface area contributed by atoms with E-state index in [9.17, 15) is 15.0 Å². The number of carbonyl (C=O) groups excluding carboxylic acids is 1. The Morgan fingerprint density at radius 3 is 2.29 bits per heavy atom. The first-order chi connectivity index (χ1) is 7.95. The molecule has 0 saturated heterocycles. The zero-order valence-corrected chi connectivity index (χ0v) is 10.1. The number of carbonyl (C=O) groups is 1. The van der Waals surface area contributed by atoms with Gasteiger partial charge in [0.15, 0.2) is 0 Å². The Morgan fingerprint density at radius 2 is 1.88 bits per heavy atom. The van der Waals surface area contributed by atoms with Gasteiger partial charge in [-0.2, -0.15) is 0 Å². The standard InChI is InChI=1S/C13H17NO3/c1-4-5-14(9(2)3)13(17)10-6-11(15)8-12(16)7-10/h4,6-9,15-16H,1,5H2,2-3H3. The van der Waals surface area contributed by atoms with Gasteiger partial charge in [0, 0.05) is 24.2 Å². The van der Waals surface area contributed by atoms with Crippen molar-refractivity contribution in [2.75, 3.05) is 6.54 Å². The fourth-order valence-electron chi connectivity index (χ4n) is 1.55. The monoisotopic (exact) mass is 235 g/mol. The predicted molar refractivity (Wildman–Crippen MR) is 66.1 cm³/mol. The highest BCUT2D eigenvalue weighted by Crippen LogP contribution is 2.22. The van der Waals surface area contributed by atoms with Crippen LogP contribution in [0.5, 0.6) is 11.5 Å². The topological polar surface area (TPSA) is 60.8 Å². The zero-order chi connectivity index (χ0) is 13.0. The van der Waals surface area contributed by atoms with Gasteiger partial charge in [0.25, 0.3) is 5.91 Å². The molecule has 0 bridgehead atoms. The number of benzene rings is 1. The average Bonchev–Trinajstić information content (AvgIpc) is 2.23. The van der Waals surface area contributed by atoms with Crippen molar-refractivity contribution >= 4 is 5.91 Å². The van der Waals surface area contributed by atoms with Gasteiger partial charge in [0.1, 0.15) is 11.5 Å². The lowest BCUT2D eigenvalue weighted by Gasteiger charge is -2.25. The van der Waals surface area contributed by atoms with Crippen molar-refractivity contribution in [3.8, 4) is 11.5 Å². The fraction of sp³-hybridized carbons (Fsp3) is 0.308. The number of phenolic OH excluding ortho intramolecular Hbond substituents is 2. The second-order valence-corrected chi connectivity index (χ2v) is 4.08. The molecule has 1 aromatic carbocycles. The summed E-state index contributed by atoms with van der Waals surface area (Å²) in [7, 11) is 0. The number of hydrogen-bond donors (Lipinski definition) is 2. The van der Waals surface area contributed by atoms with Gasteiger partial charge in [0.05, 0.1) is 0 Å². The molecule has 0 saturated carbocycles. The highest BCUT2D eigenvalue weighted by molar-refractivity contribution is 5.95. The molecular formula is C13H17NO3. The molecule has 0 spiro atoms. The molecule has 1 amide bonds. The Balaban J connectivity index is 3.04. The molecule has 0 aromatic heterocycles. The van der Waals surface area contributed by atoms with Crippen LogP contribution in [-0.4, -0.2) is 33.6 Å². The smallest absolute Gasteiger partial charge is 0.254 e. The van der Waals surface area contributed by atoms with Gasteiger partial charge >= 0.3 is 0 Å². The molecule has 4 heteroatoms. The molecule has 17 heavy (non-hydrogen) atoms. The number of phenols is 2. The van der Waals surface area contributed by atoms with Crippen molar-refractivity contribution < 1.29 is 15.0 Å². The van der Waals surface area contributed by atoms with E-state index in [0.717, 1.165) is 0 Å². The Labute approximate surface area is 101 Å². The first kappa shape index (κ1) is 13.1. The number of hydrogen-bond acceptors (Lipinski definition) is 3. The lowest BCUT2D eigenvalue weighted by molar-refractivity contribution is 0.0728. The quantitative estimate of drug-likeness (QED) is 0.786. The van der Waals surface area contributed by atoms with E-state index < -0.39 is 0 Å². The summed E-state index contributed by atoms with van der Waals surface area (Å²) in [5.74, 6) is -0.502. The molecule has 1 aromatic rings. The van der Waals surface area contributed by atoms with Crippen LogP contribution in [0.4, 0.5) is 0 Å². The Hall–Kier alpha value is -1.97. The molecule has 2 N–H and O–H groups in total. The summed E-state index contributed by atoms with van der Waals surface area (Å²) < 4.78 is 0. The second-order valence-electron chi connectivity index (χ2n) is 4.08. The first-order valence-electron chi connectivity index (χ1n) is 5.40. The van der Waals surface area contributed by atoms with Crippen LogP contribution >= 0.6 is 0 Å². The maximum absolute atomic E-state index is 12.1. The van der Waals surface area contributed by atoms with Gasteiger partial charge < -0.3 is 15.1 Å². The molecule has 4 nitrogen and oxygen atoms in total. The molecule has 0 heterocycles. The van der Waals surface area contributed by atoms with Crippen LogP contribution in [0.1, 0.15) is 24.2 Å². The van der Waals surface area contributed by atoms with Crippen molar-refractivity contribution in [3.05, 3.63) is 36.4 Å². The van der Waals surface area contributed by atoms with Crippen molar-refractivity contribution in [2.45, 2.75) is 19.9 Å². The zero-order valence-electron chi connectivity index (χ0n) is 10.1. The van der Waals surface area contributed by atoms with E-state index in [4.69, 9.17) is 0 Å². The van der Waals surface area contributed by atoms with E-state index in [1.54, 1.807) is 11.0 Å². The third-order valence-electron chi connectivity index (χ3n) is 2.36. The molecule has 0 unspecified atom stereocenters. The van der Waals surface area contributed by atoms with Crippen LogP contribution in [0.15, 0.2) is 30.9 Å². The summed E-state index contributed by atoms with van der Waals surface area (Å²) in [5.41, 5.74) is 0.262. The number of aromatic hydroxyl groups is 2. The maximum atomic E-state index is 12.1. The number of nitrogens with zero attached hydrogens (tertiary/aromatic N) is 1. The predicted octanol–water partition coefficient (Wildman–Crippen LogP) is 2.13. The van der Waals surface area contributed by atoms with E-state index in [0.29, 0.717) is 6.54 Å². The molecule has 1 rings (SSSR count). The Bertz CT molecular complexity index is 406. The van der Waals surface area contributed by atoms with Gasteiger partial charge in [-0.25, -0.2) is 0 Å². The molecule has 0 atom stereocenters. The van der Waals surface area contributed by atoms with Gasteiger partial charge in [0.2, 0.25) is 0 Å². The lowest BCUT2D eigenvalue weighted by atomic mass is 10.1. The van der Waals surface area contributed by atoms with E-state index >= 15 is 0 Å². The van der Waals surface area contributed by atoms with Gasteiger partial charge in [-0.15, -0.1) is 6.58 Å². The van der Waals surface area contributed by atoms with Gasteiger partial charge in [-0.05, 0) is 26.0 Å². The molecular weight excluding hydrogens is 218 g/mol. The number of amides is 1. The van der Waals surface area contributed by atoms with Crippen LogP contribution < -0.4 is 0 Å². The summed E-state index contributed by atoms with van der Waals surface area (Å²) in [5, 5.41) is 18.7. The largest absolute Gasteiger partial charge is 0.508 e. The van der Waals surface area contributed by atoms with Crippen LogP contribution in [0.2, 0.25) is 0 Å². The fourth-order valence-corrected chi connectivity index (χ4v) is 1.55. The third kappa shape index (κ3) is 3.24. The van der Waals surface area contributed by atoms with Crippen LogP contribution in [0, 0.1) is 0 Å². The molecule has 0 aliphatic rings. The third-order valence-corrected chi connectivity index (χ3v) is 2.36. The molecule has 0 aliphatic carbocycles. The minimum Gasteiger partial charge on any atom is -0.508 e. The molecule has 92 valence electrons. The summed E-state index contributed by atoms with van der Waals surface area (Å²) in [6.07, 6.45) is 1.64.